The Bertz CT molecular complexity index is 244. The second kappa shape index (κ2) is 23.2. The first-order valence-corrected chi connectivity index (χ1v) is 14.0. The lowest BCUT2D eigenvalue weighted by Crippen LogP contribution is -2.15. The quantitative estimate of drug-likeness (QED) is 0.135. The van der Waals surface area contributed by atoms with Gasteiger partial charge in [-0.05, 0) is 18.9 Å². The van der Waals surface area contributed by atoms with Crippen LogP contribution in [0.4, 0.5) is 0 Å². The van der Waals surface area contributed by atoms with Crippen molar-refractivity contribution in [1.29, 1.82) is 0 Å². The van der Waals surface area contributed by atoms with E-state index in [0.29, 0.717) is 6.10 Å². The molecule has 158 valence electrons. The summed E-state index contributed by atoms with van der Waals surface area (Å²) < 4.78 is 6.24. The highest BCUT2D eigenvalue weighted by Gasteiger charge is 2.06. The van der Waals surface area contributed by atoms with Crippen LogP contribution in [0.25, 0.3) is 0 Å². The van der Waals surface area contributed by atoms with Crippen LogP contribution in [0.3, 0.4) is 0 Å². The average molecular weight is 385 g/mol. The van der Waals surface area contributed by atoms with Gasteiger partial charge in [0.1, 0.15) is 0 Å². The third-order valence-electron chi connectivity index (χ3n) is 5.59. The summed E-state index contributed by atoms with van der Waals surface area (Å²) in [6, 6.07) is 1.41. The fourth-order valence-electron chi connectivity index (χ4n) is 3.79. The maximum Gasteiger partial charge on any atom is 0.161 e. The smallest absolute Gasteiger partial charge is 0.161 e. The van der Waals surface area contributed by atoms with Gasteiger partial charge in [-0.2, -0.15) is 0 Å². The van der Waals surface area contributed by atoms with Gasteiger partial charge >= 0.3 is 0 Å². The molecular formula is C24H52OSi. The van der Waals surface area contributed by atoms with E-state index < -0.39 is 0 Å². The largest absolute Gasteiger partial charge is 0.421 e. The van der Waals surface area contributed by atoms with Crippen LogP contribution in [0.5, 0.6) is 0 Å². The van der Waals surface area contributed by atoms with Crippen molar-refractivity contribution >= 4 is 9.76 Å². The molecule has 0 aromatic heterocycles. The van der Waals surface area contributed by atoms with Crippen LogP contribution in [-0.2, 0) is 4.43 Å². The zero-order valence-corrected chi connectivity index (χ0v) is 20.2. The van der Waals surface area contributed by atoms with Crippen LogP contribution >= 0.6 is 0 Å². The topological polar surface area (TPSA) is 9.23 Å². The van der Waals surface area contributed by atoms with Gasteiger partial charge in [-0.25, -0.2) is 0 Å². The Hall–Kier alpha value is 0.177. The molecule has 0 amide bonds. The molecule has 0 rings (SSSR count). The first-order chi connectivity index (χ1) is 12.8. The summed E-state index contributed by atoms with van der Waals surface area (Å²) in [4.78, 5) is 0. The Morgan fingerprint density at radius 2 is 0.962 bits per heavy atom. The van der Waals surface area contributed by atoms with Crippen LogP contribution in [0.1, 0.15) is 143 Å². The van der Waals surface area contributed by atoms with E-state index >= 15 is 0 Å². The van der Waals surface area contributed by atoms with Gasteiger partial charge in [0.25, 0.3) is 0 Å². The molecule has 0 aromatic carbocycles. The molecule has 0 spiro atoms. The highest BCUT2D eigenvalue weighted by atomic mass is 28.2. The highest BCUT2D eigenvalue weighted by Crippen LogP contribution is 2.14. The van der Waals surface area contributed by atoms with Crippen molar-refractivity contribution in [2.45, 2.75) is 155 Å². The average Bonchev–Trinajstić information content (AvgIpc) is 2.65. The van der Waals surface area contributed by atoms with E-state index in [1.807, 2.05) is 0 Å². The first kappa shape index (κ1) is 26.2. The molecule has 0 N–H and O–H groups in total. The Kier molecular flexibility index (Phi) is 23.4. The van der Waals surface area contributed by atoms with Gasteiger partial charge in [0.05, 0.1) is 0 Å². The van der Waals surface area contributed by atoms with Gasteiger partial charge in [0.2, 0.25) is 0 Å². The molecule has 0 bridgehead atoms. The lowest BCUT2D eigenvalue weighted by molar-refractivity contribution is 0.184. The maximum absolute atomic E-state index is 6.24. The SMILES string of the molecule is CCCCCCCCCCCCCCCC[SiH2]OC(CCC)CCCC. The van der Waals surface area contributed by atoms with Gasteiger partial charge in [-0.3, -0.25) is 0 Å². The molecule has 0 fully saturated rings. The van der Waals surface area contributed by atoms with Crippen LogP contribution < -0.4 is 0 Å². The summed E-state index contributed by atoms with van der Waals surface area (Å²) in [5.41, 5.74) is 0. The molecule has 0 aliphatic rings. The van der Waals surface area contributed by atoms with Crippen molar-refractivity contribution in [3.63, 3.8) is 0 Å². The molecule has 0 saturated heterocycles. The van der Waals surface area contributed by atoms with E-state index in [2.05, 4.69) is 20.8 Å². The zero-order chi connectivity index (χ0) is 19.1. The van der Waals surface area contributed by atoms with Gasteiger partial charge in [0.15, 0.2) is 9.76 Å². The standard InChI is InChI=1S/C24H52OSi/c1-4-7-9-10-11-12-13-14-15-16-17-18-19-20-23-26-25-24(21-6-3)22-8-5-2/h24H,4-23,26H2,1-3H3. The molecule has 0 saturated carbocycles. The van der Waals surface area contributed by atoms with Crippen LogP contribution in [0.2, 0.25) is 6.04 Å². The van der Waals surface area contributed by atoms with Gasteiger partial charge in [-0.1, -0.05) is 130 Å². The lowest BCUT2D eigenvalue weighted by Gasteiger charge is -2.17. The molecule has 1 atom stereocenters. The highest BCUT2D eigenvalue weighted by molar-refractivity contribution is 6.27. The molecule has 1 unspecified atom stereocenters. The van der Waals surface area contributed by atoms with E-state index in [-0.39, 0.29) is 9.76 Å². The minimum absolute atomic E-state index is 0.246. The van der Waals surface area contributed by atoms with E-state index in [0.717, 1.165) is 0 Å². The normalized spacial score (nSPS) is 13.0. The molecular weight excluding hydrogens is 332 g/mol. The Balaban J connectivity index is 3.18. The molecule has 26 heavy (non-hydrogen) atoms. The van der Waals surface area contributed by atoms with Crippen LogP contribution in [0.15, 0.2) is 0 Å². The van der Waals surface area contributed by atoms with Gasteiger partial charge in [-0.15, -0.1) is 0 Å². The summed E-state index contributed by atoms with van der Waals surface area (Å²) in [5.74, 6) is 0. The van der Waals surface area contributed by atoms with Crippen molar-refractivity contribution in [2.24, 2.45) is 0 Å². The molecule has 0 aliphatic carbocycles. The van der Waals surface area contributed by atoms with Crippen LogP contribution in [-0.4, -0.2) is 15.9 Å². The van der Waals surface area contributed by atoms with E-state index in [1.54, 1.807) is 0 Å². The second-order valence-corrected chi connectivity index (χ2v) is 9.82. The minimum atomic E-state index is -0.246. The number of unbranched alkanes of at least 4 members (excludes halogenated alkanes) is 14. The summed E-state index contributed by atoms with van der Waals surface area (Å²) in [6.45, 7) is 6.87. The fourth-order valence-corrected chi connectivity index (χ4v) is 5.18. The molecule has 0 heterocycles. The van der Waals surface area contributed by atoms with Crippen molar-refractivity contribution in [1.82, 2.24) is 0 Å². The third kappa shape index (κ3) is 20.5. The summed E-state index contributed by atoms with van der Waals surface area (Å²) in [6.07, 6.45) is 27.5. The molecule has 0 radical (unpaired) electrons. The Morgan fingerprint density at radius 3 is 1.42 bits per heavy atom. The third-order valence-corrected chi connectivity index (χ3v) is 7.09. The second-order valence-electron chi connectivity index (χ2n) is 8.37. The summed E-state index contributed by atoms with van der Waals surface area (Å²) in [7, 11) is -0.246. The predicted octanol–water partition coefficient (Wildman–Crippen LogP) is 8.35. The first-order valence-electron chi connectivity index (χ1n) is 12.5. The number of hydrogen-bond donors (Lipinski definition) is 0. The molecule has 0 aromatic rings. The monoisotopic (exact) mass is 384 g/mol. The predicted molar refractivity (Wildman–Crippen MR) is 123 cm³/mol. The minimum Gasteiger partial charge on any atom is -0.421 e. The van der Waals surface area contributed by atoms with E-state index in [9.17, 15) is 0 Å². The fraction of sp³-hybridized carbons (Fsp3) is 1.00. The van der Waals surface area contributed by atoms with Crippen molar-refractivity contribution < 1.29 is 4.43 Å². The lowest BCUT2D eigenvalue weighted by atomic mass is 10.0. The van der Waals surface area contributed by atoms with Gasteiger partial charge in [0, 0.05) is 6.10 Å². The van der Waals surface area contributed by atoms with E-state index in [1.165, 1.54) is 128 Å². The Labute approximate surface area is 169 Å². The van der Waals surface area contributed by atoms with Crippen molar-refractivity contribution in [3.8, 4) is 0 Å². The van der Waals surface area contributed by atoms with E-state index in [4.69, 9.17) is 4.43 Å². The zero-order valence-electron chi connectivity index (χ0n) is 18.8. The summed E-state index contributed by atoms with van der Waals surface area (Å²) in [5, 5.41) is 0. The number of hydrogen-bond acceptors (Lipinski definition) is 1. The van der Waals surface area contributed by atoms with Crippen LogP contribution in [0, 0.1) is 0 Å². The number of rotatable bonds is 22. The summed E-state index contributed by atoms with van der Waals surface area (Å²) >= 11 is 0. The molecule has 0 aliphatic heterocycles. The molecule has 2 heteroatoms. The Morgan fingerprint density at radius 1 is 0.500 bits per heavy atom. The maximum atomic E-state index is 6.24. The van der Waals surface area contributed by atoms with Gasteiger partial charge < -0.3 is 4.43 Å². The van der Waals surface area contributed by atoms with Crippen molar-refractivity contribution in [2.75, 3.05) is 0 Å². The molecule has 1 nitrogen and oxygen atoms in total. The van der Waals surface area contributed by atoms with Crippen molar-refractivity contribution in [3.05, 3.63) is 0 Å².